The number of nitrogens with one attached hydrogen (secondary N) is 1. The molecule has 1 aliphatic heterocycles. The highest BCUT2D eigenvalue weighted by molar-refractivity contribution is 5.43. The first-order valence-electron chi connectivity index (χ1n) is 7.28. The number of benzene rings is 1. The lowest BCUT2D eigenvalue weighted by molar-refractivity contribution is -0.122. The summed E-state index contributed by atoms with van der Waals surface area (Å²) in [7, 11) is 3.30. The highest BCUT2D eigenvalue weighted by Crippen LogP contribution is 2.35. The number of hydrogen-bond acceptors (Lipinski definition) is 4. The SMILES string of the molecule is CCC1(CC)CNCC(c2ccc(OC)c(OC)c2)O1. The normalized spacial score (nSPS) is 21.5. The first-order chi connectivity index (χ1) is 9.68. The highest BCUT2D eigenvalue weighted by Gasteiger charge is 2.34. The molecule has 2 rings (SSSR count). The third-order valence-corrected chi connectivity index (χ3v) is 4.24. The predicted molar refractivity (Wildman–Crippen MR) is 79.6 cm³/mol. The van der Waals surface area contributed by atoms with E-state index >= 15 is 0 Å². The van der Waals surface area contributed by atoms with Gasteiger partial charge in [0, 0.05) is 13.1 Å². The molecule has 1 atom stereocenters. The van der Waals surface area contributed by atoms with E-state index in [4.69, 9.17) is 14.2 Å². The van der Waals surface area contributed by atoms with Crippen molar-refractivity contribution in [2.24, 2.45) is 0 Å². The van der Waals surface area contributed by atoms with Gasteiger partial charge in [-0.1, -0.05) is 19.9 Å². The van der Waals surface area contributed by atoms with Crippen LogP contribution in [0.4, 0.5) is 0 Å². The second kappa shape index (κ2) is 6.46. The second-order valence-electron chi connectivity index (χ2n) is 5.24. The molecule has 1 aliphatic rings. The van der Waals surface area contributed by atoms with Gasteiger partial charge in [-0.05, 0) is 30.5 Å². The standard InChI is InChI=1S/C16H25NO3/c1-5-16(6-2)11-17-10-15(20-16)12-7-8-13(18-3)14(9-12)19-4/h7-9,15,17H,5-6,10-11H2,1-4H3. The van der Waals surface area contributed by atoms with Crippen LogP contribution in [0.25, 0.3) is 0 Å². The molecule has 112 valence electrons. The third-order valence-electron chi connectivity index (χ3n) is 4.24. The average molecular weight is 279 g/mol. The van der Waals surface area contributed by atoms with Gasteiger partial charge in [-0.15, -0.1) is 0 Å². The van der Waals surface area contributed by atoms with Gasteiger partial charge in [0.1, 0.15) is 0 Å². The fraction of sp³-hybridized carbons (Fsp3) is 0.625. The fourth-order valence-corrected chi connectivity index (χ4v) is 2.72. The molecule has 1 unspecified atom stereocenters. The zero-order chi connectivity index (χ0) is 14.6. The molecular weight excluding hydrogens is 254 g/mol. The molecule has 1 fully saturated rings. The van der Waals surface area contributed by atoms with Crippen molar-refractivity contribution in [2.75, 3.05) is 27.3 Å². The molecular formula is C16H25NO3. The molecule has 1 saturated heterocycles. The summed E-state index contributed by atoms with van der Waals surface area (Å²) in [5.41, 5.74) is 1.07. The summed E-state index contributed by atoms with van der Waals surface area (Å²) in [5.74, 6) is 1.50. The Bertz CT molecular complexity index is 443. The molecule has 20 heavy (non-hydrogen) atoms. The Kier molecular flexibility index (Phi) is 4.89. The van der Waals surface area contributed by atoms with Crippen LogP contribution in [0.1, 0.15) is 38.4 Å². The molecule has 1 aromatic carbocycles. The summed E-state index contributed by atoms with van der Waals surface area (Å²) >= 11 is 0. The Balaban J connectivity index is 2.22. The van der Waals surface area contributed by atoms with Gasteiger partial charge in [-0.3, -0.25) is 0 Å². The van der Waals surface area contributed by atoms with E-state index < -0.39 is 0 Å². The van der Waals surface area contributed by atoms with Crippen molar-refractivity contribution in [1.82, 2.24) is 5.32 Å². The summed E-state index contributed by atoms with van der Waals surface area (Å²) in [6, 6.07) is 5.99. The minimum atomic E-state index is -0.0594. The van der Waals surface area contributed by atoms with E-state index in [0.717, 1.165) is 43.0 Å². The highest BCUT2D eigenvalue weighted by atomic mass is 16.5. The molecule has 4 nitrogen and oxygen atoms in total. The fourth-order valence-electron chi connectivity index (χ4n) is 2.72. The van der Waals surface area contributed by atoms with Crippen molar-refractivity contribution in [3.05, 3.63) is 23.8 Å². The van der Waals surface area contributed by atoms with E-state index in [1.54, 1.807) is 14.2 Å². The second-order valence-corrected chi connectivity index (χ2v) is 5.24. The molecule has 4 heteroatoms. The van der Waals surface area contributed by atoms with E-state index in [0.29, 0.717) is 0 Å². The Morgan fingerprint density at radius 1 is 1.20 bits per heavy atom. The molecule has 0 spiro atoms. The number of rotatable bonds is 5. The topological polar surface area (TPSA) is 39.7 Å². The maximum absolute atomic E-state index is 6.37. The maximum atomic E-state index is 6.37. The van der Waals surface area contributed by atoms with Gasteiger partial charge >= 0.3 is 0 Å². The lowest BCUT2D eigenvalue weighted by Crippen LogP contribution is -2.50. The molecule has 0 aromatic heterocycles. The van der Waals surface area contributed by atoms with E-state index in [9.17, 15) is 0 Å². The molecule has 0 radical (unpaired) electrons. The van der Waals surface area contributed by atoms with Crippen LogP contribution in [0.5, 0.6) is 11.5 Å². The minimum absolute atomic E-state index is 0.0588. The summed E-state index contributed by atoms with van der Waals surface area (Å²) in [6.45, 7) is 6.12. The van der Waals surface area contributed by atoms with Crippen molar-refractivity contribution < 1.29 is 14.2 Å². The van der Waals surface area contributed by atoms with E-state index in [-0.39, 0.29) is 11.7 Å². The predicted octanol–water partition coefficient (Wildman–Crippen LogP) is 2.92. The van der Waals surface area contributed by atoms with Crippen LogP contribution >= 0.6 is 0 Å². The van der Waals surface area contributed by atoms with Gasteiger partial charge in [-0.2, -0.15) is 0 Å². The van der Waals surface area contributed by atoms with E-state index in [1.165, 1.54) is 0 Å². The Hall–Kier alpha value is -1.26. The zero-order valence-electron chi connectivity index (χ0n) is 12.9. The number of methoxy groups -OCH3 is 2. The van der Waals surface area contributed by atoms with Crippen molar-refractivity contribution in [2.45, 2.75) is 38.4 Å². The van der Waals surface area contributed by atoms with E-state index in [1.807, 2.05) is 12.1 Å². The molecule has 1 N–H and O–H groups in total. The summed E-state index contributed by atoms with van der Waals surface area (Å²) in [5, 5.41) is 3.50. The lowest BCUT2D eigenvalue weighted by Gasteiger charge is -2.41. The number of morpholine rings is 1. The Morgan fingerprint density at radius 2 is 1.90 bits per heavy atom. The van der Waals surface area contributed by atoms with Crippen LogP contribution in [0.2, 0.25) is 0 Å². The molecule has 1 aromatic rings. The number of ether oxygens (including phenoxy) is 3. The van der Waals surface area contributed by atoms with Crippen LogP contribution < -0.4 is 14.8 Å². The molecule has 0 saturated carbocycles. The van der Waals surface area contributed by atoms with Crippen LogP contribution in [0, 0.1) is 0 Å². The zero-order valence-corrected chi connectivity index (χ0v) is 12.9. The van der Waals surface area contributed by atoms with Gasteiger partial charge in [0.2, 0.25) is 0 Å². The van der Waals surface area contributed by atoms with Crippen molar-refractivity contribution in [1.29, 1.82) is 0 Å². The first kappa shape index (κ1) is 15.1. The molecule has 1 heterocycles. The first-order valence-corrected chi connectivity index (χ1v) is 7.28. The largest absolute Gasteiger partial charge is 0.493 e. The Labute approximate surface area is 121 Å². The Morgan fingerprint density at radius 3 is 2.50 bits per heavy atom. The van der Waals surface area contributed by atoms with Gasteiger partial charge in [0.05, 0.1) is 25.9 Å². The molecule has 0 aliphatic carbocycles. The quantitative estimate of drug-likeness (QED) is 0.899. The minimum Gasteiger partial charge on any atom is -0.493 e. The van der Waals surface area contributed by atoms with Gasteiger partial charge in [-0.25, -0.2) is 0 Å². The van der Waals surface area contributed by atoms with Crippen LogP contribution in [-0.2, 0) is 4.74 Å². The maximum Gasteiger partial charge on any atom is 0.161 e. The van der Waals surface area contributed by atoms with Crippen molar-refractivity contribution in [3.8, 4) is 11.5 Å². The lowest BCUT2D eigenvalue weighted by atomic mass is 9.93. The van der Waals surface area contributed by atoms with Crippen molar-refractivity contribution in [3.63, 3.8) is 0 Å². The third kappa shape index (κ3) is 2.91. The van der Waals surface area contributed by atoms with Gasteiger partial charge in [0.15, 0.2) is 11.5 Å². The smallest absolute Gasteiger partial charge is 0.161 e. The summed E-state index contributed by atoms with van der Waals surface area (Å²) in [4.78, 5) is 0. The van der Waals surface area contributed by atoms with Crippen LogP contribution in [0.3, 0.4) is 0 Å². The van der Waals surface area contributed by atoms with Gasteiger partial charge in [0.25, 0.3) is 0 Å². The number of hydrogen-bond donors (Lipinski definition) is 1. The molecule has 0 amide bonds. The van der Waals surface area contributed by atoms with E-state index in [2.05, 4.69) is 25.2 Å². The van der Waals surface area contributed by atoms with Crippen LogP contribution in [-0.4, -0.2) is 32.9 Å². The summed E-state index contributed by atoms with van der Waals surface area (Å²) in [6.07, 6.45) is 2.09. The summed E-state index contributed by atoms with van der Waals surface area (Å²) < 4.78 is 17.0. The van der Waals surface area contributed by atoms with Crippen LogP contribution in [0.15, 0.2) is 18.2 Å². The monoisotopic (exact) mass is 279 g/mol. The van der Waals surface area contributed by atoms with Gasteiger partial charge < -0.3 is 19.5 Å². The van der Waals surface area contributed by atoms with Crippen molar-refractivity contribution >= 4 is 0 Å². The molecule has 0 bridgehead atoms. The average Bonchev–Trinajstić information content (AvgIpc) is 2.54.